The van der Waals surface area contributed by atoms with E-state index >= 15 is 0 Å². The summed E-state index contributed by atoms with van der Waals surface area (Å²) < 4.78 is -1.32. The van der Waals surface area contributed by atoms with Crippen molar-refractivity contribution in [2.45, 2.75) is 17.2 Å². The molecule has 0 spiro atoms. The number of carbonyl (C=O) groups excluding carboxylic acids is 2. The highest BCUT2D eigenvalue weighted by Crippen LogP contribution is 2.65. The fraction of sp³-hybridized carbons (Fsp3) is 0.200. The maximum Gasteiger partial charge on any atom is 0.257 e. The van der Waals surface area contributed by atoms with E-state index in [1.54, 1.807) is 36.4 Å². The predicted molar refractivity (Wildman–Crippen MR) is 146 cm³/mol. The van der Waals surface area contributed by atoms with E-state index in [2.05, 4.69) is 16.0 Å². The lowest BCUT2D eigenvalue weighted by Crippen LogP contribution is -2.18. The first-order chi connectivity index (χ1) is 16.5. The van der Waals surface area contributed by atoms with Crippen LogP contribution >= 0.6 is 58.0 Å². The Morgan fingerprint density at radius 3 is 2.14 bits per heavy atom. The van der Waals surface area contributed by atoms with Crippen molar-refractivity contribution in [3.63, 3.8) is 0 Å². The molecule has 1 saturated carbocycles. The number of aryl methyl sites for hydroxylation is 1. The minimum Gasteiger partial charge on any atom is -0.388 e. The number of amides is 2. The van der Waals surface area contributed by atoms with Crippen LogP contribution in [0.25, 0.3) is 0 Å². The summed E-state index contributed by atoms with van der Waals surface area (Å²) in [7, 11) is 1.82. The number of hydrogen-bond donors (Lipinski definition) is 3. The van der Waals surface area contributed by atoms with Crippen LogP contribution in [0.4, 0.5) is 17.1 Å². The molecule has 3 aromatic carbocycles. The molecule has 0 unspecified atom stereocenters. The Balaban J connectivity index is 1.51. The summed E-state index contributed by atoms with van der Waals surface area (Å²) in [6.07, 6.45) is 0. The van der Waals surface area contributed by atoms with Crippen molar-refractivity contribution in [2.24, 2.45) is 5.92 Å². The summed E-state index contributed by atoms with van der Waals surface area (Å²) in [6, 6.07) is 15.2. The molecule has 10 heteroatoms. The highest BCUT2D eigenvalue weighted by Gasteiger charge is 2.67. The molecule has 1 aliphatic rings. The van der Waals surface area contributed by atoms with Gasteiger partial charge in [0.05, 0.1) is 16.5 Å². The SMILES string of the molecule is CNc1ccc(NC(=O)c2cc(NC(=O)[C@@H]3[C@@H](c4cc(Cl)cc(Cl)c4)C3(Cl)Cl)ccc2Cl)c(C)c1. The number of halogens is 5. The zero-order valence-corrected chi connectivity index (χ0v) is 22.3. The van der Waals surface area contributed by atoms with Crippen molar-refractivity contribution in [2.75, 3.05) is 23.0 Å². The van der Waals surface area contributed by atoms with E-state index in [0.717, 1.165) is 11.3 Å². The molecule has 0 aromatic heterocycles. The Kier molecular flexibility index (Phi) is 7.46. The summed E-state index contributed by atoms with van der Waals surface area (Å²) in [5, 5.41) is 9.77. The molecule has 3 aromatic rings. The molecule has 4 rings (SSSR count). The molecule has 1 aliphatic carbocycles. The van der Waals surface area contributed by atoms with Gasteiger partial charge in [0.2, 0.25) is 5.91 Å². The molecule has 0 radical (unpaired) electrons. The van der Waals surface area contributed by atoms with Gasteiger partial charge in [-0.2, -0.15) is 0 Å². The summed E-state index contributed by atoms with van der Waals surface area (Å²) in [5.74, 6) is -2.03. The van der Waals surface area contributed by atoms with Crippen LogP contribution in [0, 0.1) is 12.8 Å². The second-order valence-corrected chi connectivity index (χ2v) is 11.0. The Bertz CT molecular complexity index is 1310. The van der Waals surface area contributed by atoms with E-state index in [0.29, 0.717) is 27.0 Å². The number of carbonyl (C=O) groups is 2. The fourth-order valence-electron chi connectivity index (χ4n) is 3.97. The van der Waals surface area contributed by atoms with Crippen molar-refractivity contribution >= 4 is 86.9 Å². The third-order valence-corrected chi connectivity index (χ3v) is 7.53. The lowest BCUT2D eigenvalue weighted by molar-refractivity contribution is -0.117. The van der Waals surface area contributed by atoms with Gasteiger partial charge in [-0.05, 0) is 72.6 Å². The first-order valence-corrected chi connectivity index (χ1v) is 12.4. The quantitative estimate of drug-likeness (QED) is 0.265. The molecular formula is C25H20Cl5N3O2. The van der Waals surface area contributed by atoms with Gasteiger partial charge in [-0.1, -0.05) is 34.8 Å². The van der Waals surface area contributed by atoms with Crippen LogP contribution in [0.15, 0.2) is 54.6 Å². The van der Waals surface area contributed by atoms with Crippen molar-refractivity contribution in [3.8, 4) is 0 Å². The zero-order chi connectivity index (χ0) is 25.5. The summed E-state index contributed by atoms with van der Waals surface area (Å²) >= 11 is 31.3. The Morgan fingerprint density at radius 1 is 0.857 bits per heavy atom. The number of rotatable bonds is 6. The van der Waals surface area contributed by atoms with E-state index in [-0.39, 0.29) is 10.6 Å². The lowest BCUT2D eigenvalue weighted by atomic mass is 10.1. The molecule has 35 heavy (non-hydrogen) atoms. The standard InChI is InChI=1S/C25H20Cl5N3O2/c1-12-7-16(31-2)4-6-20(12)33-23(34)18-11-17(3-5-19(18)28)32-24(35)22-21(25(22,29)30)13-8-14(26)10-15(27)9-13/h3-11,21-22,31H,1-2H3,(H,32,35)(H,33,34)/t21-,22+/m1/s1. The molecule has 182 valence electrons. The average molecular weight is 572 g/mol. The normalized spacial score (nSPS) is 18.0. The van der Waals surface area contributed by atoms with E-state index in [1.807, 2.05) is 26.1 Å². The largest absolute Gasteiger partial charge is 0.388 e. The van der Waals surface area contributed by atoms with Crippen molar-refractivity contribution < 1.29 is 9.59 Å². The second-order valence-electron chi connectivity index (χ2n) is 8.25. The molecule has 0 bridgehead atoms. The average Bonchev–Trinajstić information content (AvgIpc) is 3.37. The van der Waals surface area contributed by atoms with Crippen LogP contribution in [0.3, 0.4) is 0 Å². The van der Waals surface area contributed by atoms with Gasteiger partial charge in [-0.15, -0.1) is 23.2 Å². The van der Waals surface area contributed by atoms with Gasteiger partial charge in [0.1, 0.15) is 4.33 Å². The molecule has 1 fully saturated rings. The highest BCUT2D eigenvalue weighted by atomic mass is 35.5. The van der Waals surface area contributed by atoms with Gasteiger partial charge in [0, 0.05) is 40.1 Å². The number of benzene rings is 3. The highest BCUT2D eigenvalue weighted by molar-refractivity contribution is 6.53. The molecule has 0 saturated heterocycles. The minimum atomic E-state index is -1.32. The maximum absolute atomic E-state index is 13.0. The summed E-state index contributed by atoms with van der Waals surface area (Å²) in [6.45, 7) is 1.89. The molecule has 2 atom stereocenters. The van der Waals surface area contributed by atoms with E-state index in [9.17, 15) is 9.59 Å². The molecule has 2 amide bonds. The summed E-state index contributed by atoms with van der Waals surface area (Å²) in [4.78, 5) is 26.0. The topological polar surface area (TPSA) is 70.2 Å². The van der Waals surface area contributed by atoms with Crippen LogP contribution in [-0.4, -0.2) is 23.2 Å². The van der Waals surface area contributed by atoms with Gasteiger partial charge in [-0.25, -0.2) is 0 Å². The van der Waals surface area contributed by atoms with E-state index in [1.165, 1.54) is 6.07 Å². The number of hydrogen-bond acceptors (Lipinski definition) is 3. The van der Waals surface area contributed by atoms with Gasteiger partial charge in [-0.3, -0.25) is 9.59 Å². The second kappa shape index (κ2) is 10.1. The van der Waals surface area contributed by atoms with Crippen molar-refractivity contribution in [1.82, 2.24) is 0 Å². The van der Waals surface area contributed by atoms with Gasteiger partial charge in [0.25, 0.3) is 5.91 Å². The first-order valence-electron chi connectivity index (χ1n) is 10.5. The first kappa shape index (κ1) is 25.9. The third kappa shape index (κ3) is 5.50. The van der Waals surface area contributed by atoms with Gasteiger partial charge in [0.15, 0.2) is 0 Å². The van der Waals surface area contributed by atoms with Gasteiger partial charge >= 0.3 is 0 Å². The number of alkyl halides is 2. The van der Waals surface area contributed by atoms with Crippen LogP contribution in [0.1, 0.15) is 27.4 Å². The van der Waals surface area contributed by atoms with Crippen LogP contribution in [-0.2, 0) is 4.79 Å². The number of anilines is 3. The zero-order valence-electron chi connectivity index (χ0n) is 18.6. The van der Waals surface area contributed by atoms with Crippen LogP contribution in [0.5, 0.6) is 0 Å². The molecule has 3 N–H and O–H groups in total. The molecule has 5 nitrogen and oxygen atoms in total. The third-order valence-electron chi connectivity index (χ3n) is 5.82. The Morgan fingerprint density at radius 2 is 1.51 bits per heavy atom. The van der Waals surface area contributed by atoms with Crippen molar-refractivity contribution in [3.05, 3.63) is 86.4 Å². The molecular weight excluding hydrogens is 552 g/mol. The predicted octanol–water partition coefficient (Wildman–Crippen LogP) is 7.78. The van der Waals surface area contributed by atoms with Crippen molar-refractivity contribution in [1.29, 1.82) is 0 Å². The fourth-order valence-corrected chi connectivity index (χ4v) is 5.54. The van der Waals surface area contributed by atoms with E-state index < -0.39 is 28.0 Å². The van der Waals surface area contributed by atoms with Crippen LogP contribution < -0.4 is 16.0 Å². The minimum absolute atomic E-state index is 0.207. The Hall–Kier alpha value is -2.15. The Labute approximate surface area is 228 Å². The summed E-state index contributed by atoms with van der Waals surface area (Å²) in [5.41, 5.74) is 3.71. The molecule has 0 aliphatic heterocycles. The maximum atomic E-state index is 13.0. The monoisotopic (exact) mass is 569 g/mol. The van der Waals surface area contributed by atoms with Gasteiger partial charge < -0.3 is 16.0 Å². The van der Waals surface area contributed by atoms with Crippen LogP contribution in [0.2, 0.25) is 15.1 Å². The lowest BCUT2D eigenvalue weighted by Gasteiger charge is -2.12. The smallest absolute Gasteiger partial charge is 0.257 e. The van der Waals surface area contributed by atoms with E-state index in [4.69, 9.17) is 58.0 Å². The number of nitrogens with one attached hydrogen (secondary N) is 3. The molecule has 0 heterocycles.